The van der Waals surface area contributed by atoms with Crippen LogP contribution in [0.2, 0.25) is 0 Å². The highest BCUT2D eigenvalue weighted by molar-refractivity contribution is 9.10. The first-order chi connectivity index (χ1) is 18.1. The summed E-state index contributed by atoms with van der Waals surface area (Å²) >= 11 is 3.46. The van der Waals surface area contributed by atoms with Crippen LogP contribution in [0.4, 0.5) is 23.5 Å². The molecule has 0 radical (unpaired) electrons. The predicted molar refractivity (Wildman–Crippen MR) is 155 cm³/mol. The van der Waals surface area contributed by atoms with Crippen molar-refractivity contribution in [3.05, 3.63) is 100 Å². The summed E-state index contributed by atoms with van der Waals surface area (Å²) in [4.78, 5) is 16.3. The molecule has 1 fully saturated rings. The van der Waals surface area contributed by atoms with Crippen molar-refractivity contribution in [3.8, 4) is 0 Å². The second-order valence-electron chi connectivity index (χ2n) is 9.32. The van der Waals surface area contributed by atoms with Gasteiger partial charge in [-0.25, -0.2) is 5.43 Å². The molecule has 4 aromatic rings. The molecule has 0 amide bonds. The van der Waals surface area contributed by atoms with E-state index < -0.39 is 0 Å². The van der Waals surface area contributed by atoms with E-state index in [4.69, 9.17) is 9.97 Å². The third-order valence-electron chi connectivity index (χ3n) is 6.44. The van der Waals surface area contributed by atoms with Gasteiger partial charge >= 0.3 is 0 Å². The van der Waals surface area contributed by atoms with Crippen LogP contribution in [0.3, 0.4) is 0 Å². The number of piperidine rings is 1. The van der Waals surface area contributed by atoms with Crippen molar-refractivity contribution in [1.29, 1.82) is 0 Å². The molecule has 1 aliphatic heterocycles. The van der Waals surface area contributed by atoms with E-state index in [0.717, 1.165) is 48.1 Å². The van der Waals surface area contributed by atoms with E-state index in [0.29, 0.717) is 23.8 Å². The standard InChI is InChI=1S/C29H30BrN7/c1-21-7-13-26(14-8-21)32-27-33-28(36-31-20-24-9-11-25(30)12-10-24)35-29(34-27)37-17-15-23(16-18-37)19-22-5-3-2-4-6-22/h2-14,20,23H,15-19H2,1H3,(H2,32,33,34,35,36)/b31-20-. The molecule has 0 saturated carbocycles. The summed E-state index contributed by atoms with van der Waals surface area (Å²) in [5, 5.41) is 7.68. The number of nitrogens with zero attached hydrogens (tertiary/aromatic N) is 5. The van der Waals surface area contributed by atoms with Crippen molar-refractivity contribution >= 4 is 45.7 Å². The van der Waals surface area contributed by atoms with Crippen LogP contribution in [0, 0.1) is 12.8 Å². The topological polar surface area (TPSA) is 78.3 Å². The number of anilines is 4. The van der Waals surface area contributed by atoms with Crippen molar-refractivity contribution in [1.82, 2.24) is 15.0 Å². The minimum atomic E-state index is 0.402. The summed E-state index contributed by atoms with van der Waals surface area (Å²) in [6, 6.07) is 26.8. The maximum Gasteiger partial charge on any atom is 0.250 e. The third kappa shape index (κ3) is 7.13. The Balaban J connectivity index is 1.31. The molecular weight excluding hydrogens is 526 g/mol. The van der Waals surface area contributed by atoms with Crippen molar-refractivity contribution in [2.75, 3.05) is 28.7 Å². The summed E-state index contributed by atoms with van der Waals surface area (Å²) in [6.45, 7) is 3.89. The van der Waals surface area contributed by atoms with Crippen LogP contribution in [0.5, 0.6) is 0 Å². The van der Waals surface area contributed by atoms with Gasteiger partial charge in [0.2, 0.25) is 17.8 Å². The monoisotopic (exact) mass is 555 g/mol. The number of nitrogens with one attached hydrogen (secondary N) is 2. The Hall–Kier alpha value is -3.78. The molecule has 188 valence electrons. The first-order valence-corrected chi connectivity index (χ1v) is 13.3. The highest BCUT2D eigenvalue weighted by Gasteiger charge is 2.22. The quantitative estimate of drug-likeness (QED) is 0.188. The maximum absolute atomic E-state index is 4.76. The molecule has 1 saturated heterocycles. The van der Waals surface area contributed by atoms with Gasteiger partial charge in [0.05, 0.1) is 6.21 Å². The summed E-state index contributed by atoms with van der Waals surface area (Å²) in [7, 11) is 0. The van der Waals surface area contributed by atoms with Crippen LogP contribution >= 0.6 is 15.9 Å². The van der Waals surface area contributed by atoms with Crippen molar-refractivity contribution in [2.24, 2.45) is 11.0 Å². The molecule has 0 spiro atoms. The average Bonchev–Trinajstić information content (AvgIpc) is 2.92. The van der Waals surface area contributed by atoms with Gasteiger partial charge in [0, 0.05) is 23.2 Å². The van der Waals surface area contributed by atoms with Gasteiger partial charge in [-0.05, 0) is 67.5 Å². The average molecular weight is 557 g/mol. The third-order valence-corrected chi connectivity index (χ3v) is 6.97. The fraction of sp³-hybridized carbons (Fsp3) is 0.241. The van der Waals surface area contributed by atoms with E-state index in [1.54, 1.807) is 6.21 Å². The number of hydrogen-bond acceptors (Lipinski definition) is 7. The summed E-state index contributed by atoms with van der Waals surface area (Å²) in [5.41, 5.74) is 7.50. The van der Waals surface area contributed by atoms with Crippen LogP contribution in [0.1, 0.15) is 29.5 Å². The maximum atomic E-state index is 4.76. The van der Waals surface area contributed by atoms with Gasteiger partial charge in [-0.15, -0.1) is 0 Å². The molecule has 0 bridgehead atoms. The first-order valence-electron chi connectivity index (χ1n) is 12.5. The van der Waals surface area contributed by atoms with Gasteiger partial charge in [0.15, 0.2) is 0 Å². The number of aromatic nitrogens is 3. The van der Waals surface area contributed by atoms with E-state index >= 15 is 0 Å². The minimum Gasteiger partial charge on any atom is -0.341 e. The van der Waals surface area contributed by atoms with Gasteiger partial charge in [-0.3, -0.25) is 0 Å². The Morgan fingerprint density at radius 1 is 0.892 bits per heavy atom. The molecule has 0 aliphatic carbocycles. The molecule has 5 rings (SSSR count). The van der Waals surface area contributed by atoms with Gasteiger partial charge in [0.25, 0.3) is 0 Å². The largest absolute Gasteiger partial charge is 0.341 e. The number of rotatable bonds is 8. The SMILES string of the molecule is Cc1ccc(Nc2nc(N/N=C\c3ccc(Br)cc3)nc(N3CCC(Cc4ccccc4)CC3)n2)cc1. The van der Waals surface area contributed by atoms with Crippen LogP contribution < -0.4 is 15.6 Å². The van der Waals surface area contributed by atoms with Crippen LogP contribution in [0.15, 0.2) is 88.4 Å². The second-order valence-corrected chi connectivity index (χ2v) is 10.2. The molecule has 0 atom stereocenters. The van der Waals surface area contributed by atoms with Gasteiger partial charge in [-0.2, -0.15) is 20.1 Å². The molecule has 37 heavy (non-hydrogen) atoms. The van der Waals surface area contributed by atoms with E-state index in [2.05, 4.69) is 91.0 Å². The second kappa shape index (κ2) is 12.0. The molecule has 2 heterocycles. The number of aryl methyl sites for hydroxylation is 1. The Kier molecular flexibility index (Phi) is 8.05. The molecule has 1 aliphatic rings. The molecule has 8 heteroatoms. The predicted octanol–water partition coefficient (Wildman–Crippen LogP) is 6.59. The lowest BCUT2D eigenvalue weighted by molar-refractivity contribution is 0.400. The van der Waals surface area contributed by atoms with Crippen LogP contribution in [-0.4, -0.2) is 34.3 Å². The summed E-state index contributed by atoms with van der Waals surface area (Å²) in [6.07, 6.45) is 5.07. The Labute approximate surface area is 226 Å². The number of hydrazone groups is 1. The minimum absolute atomic E-state index is 0.402. The highest BCUT2D eigenvalue weighted by atomic mass is 79.9. The number of hydrogen-bond donors (Lipinski definition) is 2. The van der Waals surface area contributed by atoms with E-state index in [-0.39, 0.29) is 0 Å². The Morgan fingerprint density at radius 2 is 1.59 bits per heavy atom. The van der Waals surface area contributed by atoms with E-state index in [9.17, 15) is 0 Å². The van der Waals surface area contributed by atoms with Crippen LogP contribution in [-0.2, 0) is 6.42 Å². The lowest BCUT2D eigenvalue weighted by Gasteiger charge is -2.32. The van der Waals surface area contributed by atoms with Crippen molar-refractivity contribution < 1.29 is 0 Å². The molecule has 1 aromatic heterocycles. The van der Waals surface area contributed by atoms with E-state index in [1.165, 1.54) is 11.1 Å². The zero-order valence-corrected chi connectivity index (χ0v) is 22.4. The number of benzene rings is 3. The van der Waals surface area contributed by atoms with Gasteiger partial charge < -0.3 is 10.2 Å². The van der Waals surface area contributed by atoms with Crippen LogP contribution in [0.25, 0.3) is 0 Å². The summed E-state index contributed by atoms with van der Waals surface area (Å²) in [5.74, 6) is 2.21. The number of halogens is 1. The van der Waals surface area contributed by atoms with Gasteiger partial charge in [0.1, 0.15) is 0 Å². The molecule has 3 aromatic carbocycles. The fourth-order valence-corrected chi connectivity index (χ4v) is 4.64. The van der Waals surface area contributed by atoms with Crippen molar-refractivity contribution in [3.63, 3.8) is 0 Å². The smallest absolute Gasteiger partial charge is 0.250 e. The summed E-state index contributed by atoms with van der Waals surface area (Å²) < 4.78 is 1.03. The Morgan fingerprint density at radius 3 is 2.32 bits per heavy atom. The van der Waals surface area contributed by atoms with Gasteiger partial charge in [-0.1, -0.05) is 76.1 Å². The molecule has 0 unspecified atom stereocenters. The highest BCUT2D eigenvalue weighted by Crippen LogP contribution is 2.26. The zero-order valence-electron chi connectivity index (χ0n) is 20.8. The van der Waals surface area contributed by atoms with E-state index in [1.807, 2.05) is 36.4 Å². The molecule has 2 N–H and O–H groups in total. The first kappa shape index (κ1) is 24.9. The lowest BCUT2D eigenvalue weighted by atomic mass is 9.90. The Bertz CT molecular complexity index is 1320. The zero-order chi connectivity index (χ0) is 25.5. The normalized spacial score (nSPS) is 14.2. The fourth-order valence-electron chi connectivity index (χ4n) is 4.38. The molecule has 7 nitrogen and oxygen atoms in total. The lowest BCUT2D eigenvalue weighted by Crippen LogP contribution is -2.35. The van der Waals surface area contributed by atoms with Crippen molar-refractivity contribution in [2.45, 2.75) is 26.2 Å². The molecular formula is C29H30BrN7.